The summed E-state index contributed by atoms with van der Waals surface area (Å²) >= 11 is 1.53. The van der Waals surface area contributed by atoms with Gasteiger partial charge in [0.25, 0.3) is 0 Å². The number of hydrogen-bond acceptors (Lipinski definition) is 5. The van der Waals surface area contributed by atoms with Gasteiger partial charge in [0, 0.05) is 13.1 Å². The van der Waals surface area contributed by atoms with Crippen molar-refractivity contribution >= 4 is 28.6 Å². The number of nitrogens with one attached hydrogen (secondary N) is 1. The number of amides is 1. The van der Waals surface area contributed by atoms with Crippen molar-refractivity contribution in [1.29, 1.82) is 0 Å². The van der Waals surface area contributed by atoms with Gasteiger partial charge in [-0.25, -0.2) is 9.37 Å². The van der Waals surface area contributed by atoms with E-state index in [0.717, 1.165) is 36.5 Å². The van der Waals surface area contributed by atoms with Crippen molar-refractivity contribution in [3.63, 3.8) is 0 Å². The SMILES string of the molecule is Cc1oc(-c2cccs2)nc1CC(=O)Nc1cc(F)ccc1N1CCCCC1. The van der Waals surface area contributed by atoms with E-state index in [-0.39, 0.29) is 18.1 Å². The van der Waals surface area contributed by atoms with Crippen LogP contribution in [0.15, 0.2) is 40.1 Å². The highest BCUT2D eigenvalue weighted by Gasteiger charge is 2.19. The molecule has 1 amide bonds. The molecule has 1 aliphatic rings. The Bertz CT molecular complexity index is 962. The summed E-state index contributed by atoms with van der Waals surface area (Å²) in [7, 11) is 0. The van der Waals surface area contributed by atoms with Crippen LogP contribution in [0.2, 0.25) is 0 Å². The highest BCUT2D eigenvalue weighted by Crippen LogP contribution is 2.30. The molecular weight excluding hydrogens is 377 g/mol. The number of halogens is 1. The fourth-order valence-corrected chi connectivity index (χ4v) is 4.11. The molecule has 0 radical (unpaired) electrons. The number of carbonyl (C=O) groups is 1. The maximum Gasteiger partial charge on any atom is 0.236 e. The number of aromatic nitrogens is 1. The third-order valence-electron chi connectivity index (χ3n) is 4.88. The molecule has 1 aliphatic heterocycles. The average molecular weight is 399 g/mol. The summed E-state index contributed by atoms with van der Waals surface area (Å²) in [5.41, 5.74) is 1.97. The number of nitrogens with zero attached hydrogens (tertiary/aromatic N) is 2. The van der Waals surface area contributed by atoms with E-state index in [4.69, 9.17) is 4.42 Å². The number of oxazole rings is 1. The molecular formula is C21H22FN3O2S. The molecule has 0 spiro atoms. The molecule has 7 heteroatoms. The quantitative estimate of drug-likeness (QED) is 0.654. The van der Waals surface area contributed by atoms with Crippen molar-refractivity contribution in [3.8, 4) is 10.8 Å². The summed E-state index contributed by atoms with van der Waals surface area (Å²) in [6.07, 6.45) is 3.50. The van der Waals surface area contributed by atoms with Gasteiger partial charge in [0.05, 0.1) is 28.4 Å². The molecule has 0 saturated carbocycles. The van der Waals surface area contributed by atoms with E-state index < -0.39 is 0 Å². The zero-order valence-corrected chi connectivity index (χ0v) is 16.5. The predicted octanol–water partition coefficient (Wildman–Crippen LogP) is 5.02. The molecule has 146 valence electrons. The fraction of sp³-hybridized carbons (Fsp3) is 0.333. The molecule has 28 heavy (non-hydrogen) atoms. The van der Waals surface area contributed by atoms with Gasteiger partial charge in [-0.05, 0) is 55.8 Å². The molecule has 3 heterocycles. The first-order chi connectivity index (χ1) is 13.6. The van der Waals surface area contributed by atoms with Crippen LogP contribution in [0.1, 0.15) is 30.7 Å². The third kappa shape index (κ3) is 4.09. The van der Waals surface area contributed by atoms with Gasteiger partial charge >= 0.3 is 0 Å². The summed E-state index contributed by atoms with van der Waals surface area (Å²) in [6, 6.07) is 8.42. The van der Waals surface area contributed by atoms with Crippen LogP contribution in [0.4, 0.5) is 15.8 Å². The van der Waals surface area contributed by atoms with Gasteiger partial charge in [-0.1, -0.05) is 6.07 Å². The molecule has 4 rings (SSSR count). The van der Waals surface area contributed by atoms with Gasteiger partial charge in [0.15, 0.2) is 0 Å². The minimum Gasteiger partial charge on any atom is -0.440 e. The zero-order valence-electron chi connectivity index (χ0n) is 15.7. The normalized spacial score (nSPS) is 14.3. The maximum absolute atomic E-state index is 13.8. The van der Waals surface area contributed by atoms with Crippen LogP contribution in [-0.2, 0) is 11.2 Å². The lowest BCUT2D eigenvalue weighted by atomic mass is 10.1. The standard InChI is InChI=1S/C21H22FN3O2S/c1-14-16(24-21(27-14)19-6-5-11-28-19)13-20(26)23-17-12-15(22)7-8-18(17)25-9-3-2-4-10-25/h5-8,11-12H,2-4,9-10,13H2,1H3,(H,23,26). The van der Waals surface area contributed by atoms with Gasteiger partial charge < -0.3 is 14.6 Å². The zero-order chi connectivity index (χ0) is 19.5. The Morgan fingerprint density at radius 1 is 1.29 bits per heavy atom. The van der Waals surface area contributed by atoms with Gasteiger partial charge in [-0.3, -0.25) is 4.79 Å². The smallest absolute Gasteiger partial charge is 0.236 e. The Labute approximate surface area is 167 Å². The van der Waals surface area contributed by atoms with Crippen molar-refractivity contribution in [3.05, 3.63) is 53.0 Å². The molecule has 1 fully saturated rings. The molecule has 3 aromatic rings. The van der Waals surface area contributed by atoms with E-state index in [1.54, 1.807) is 13.0 Å². The number of thiophene rings is 1. The highest BCUT2D eigenvalue weighted by atomic mass is 32.1. The minimum absolute atomic E-state index is 0.0800. The Morgan fingerprint density at radius 2 is 2.11 bits per heavy atom. The van der Waals surface area contributed by atoms with E-state index in [2.05, 4.69) is 15.2 Å². The van der Waals surface area contributed by atoms with Crippen LogP contribution >= 0.6 is 11.3 Å². The van der Waals surface area contributed by atoms with Crippen molar-refractivity contribution < 1.29 is 13.6 Å². The van der Waals surface area contributed by atoms with Crippen LogP contribution in [0.5, 0.6) is 0 Å². The molecule has 1 aromatic carbocycles. The van der Waals surface area contributed by atoms with E-state index in [9.17, 15) is 9.18 Å². The van der Waals surface area contributed by atoms with Crippen LogP contribution in [0.3, 0.4) is 0 Å². The third-order valence-corrected chi connectivity index (χ3v) is 5.74. The highest BCUT2D eigenvalue weighted by molar-refractivity contribution is 7.13. The summed E-state index contributed by atoms with van der Waals surface area (Å²) < 4.78 is 19.5. The second kappa shape index (κ2) is 8.14. The van der Waals surface area contributed by atoms with Gasteiger partial charge in [0.1, 0.15) is 11.6 Å². The van der Waals surface area contributed by atoms with Crippen LogP contribution < -0.4 is 10.2 Å². The number of hydrogen-bond donors (Lipinski definition) is 1. The lowest BCUT2D eigenvalue weighted by Crippen LogP contribution is -2.30. The first-order valence-electron chi connectivity index (χ1n) is 9.44. The summed E-state index contributed by atoms with van der Waals surface area (Å²) in [5.74, 6) is 0.538. The summed E-state index contributed by atoms with van der Waals surface area (Å²) in [4.78, 5) is 20.2. The van der Waals surface area contributed by atoms with E-state index in [1.807, 2.05) is 17.5 Å². The molecule has 0 atom stereocenters. The number of benzene rings is 1. The topological polar surface area (TPSA) is 58.4 Å². The first kappa shape index (κ1) is 18.7. The van der Waals surface area contributed by atoms with Gasteiger partial charge in [-0.2, -0.15) is 0 Å². The van der Waals surface area contributed by atoms with Gasteiger partial charge in [0.2, 0.25) is 11.8 Å². The lowest BCUT2D eigenvalue weighted by molar-refractivity contribution is -0.115. The number of carbonyl (C=O) groups excluding carboxylic acids is 1. The van der Waals surface area contributed by atoms with Crippen molar-refractivity contribution in [2.75, 3.05) is 23.3 Å². The molecule has 2 aromatic heterocycles. The summed E-state index contributed by atoms with van der Waals surface area (Å²) in [6.45, 7) is 3.64. The lowest BCUT2D eigenvalue weighted by Gasteiger charge is -2.30. The number of rotatable bonds is 5. The largest absolute Gasteiger partial charge is 0.440 e. The monoisotopic (exact) mass is 399 g/mol. The predicted molar refractivity (Wildman–Crippen MR) is 109 cm³/mol. The maximum atomic E-state index is 13.8. The van der Waals surface area contributed by atoms with Crippen LogP contribution in [0, 0.1) is 12.7 Å². The molecule has 1 saturated heterocycles. The number of aryl methyl sites for hydroxylation is 1. The second-order valence-corrected chi connectivity index (χ2v) is 7.88. The Hall–Kier alpha value is -2.67. The second-order valence-electron chi connectivity index (χ2n) is 6.93. The van der Waals surface area contributed by atoms with E-state index in [0.29, 0.717) is 23.0 Å². The van der Waals surface area contributed by atoms with Crippen LogP contribution in [-0.4, -0.2) is 24.0 Å². The van der Waals surface area contributed by atoms with Crippen molar-refractivity contribution in [2.24, 2.45) is 0 Å². The Morgan fingerprint density at radius 3 is 2.86 bits per heavy atom. The van der Waals surface area contributed by atoms with E-state index in [1.165, 1.54) is 29.9 Å². The first-order valence-corrected chi connectivity index (χ1v) is 10.3. The molecule has 0 aliphatic carbocycles. The van der Waals surface area contributed by atoms with Crippen molar-refractivity contribution in [1.82, 2.24) is 4.98 Å². The molecule has 1 N–H and O–H groups in total. The number of anilines is 2. The van der Waals surface area contributed by atoms with Crippen LogP contribution in [0.25, 0.3) is 10.8 Å². The Balaban J connectivity index is 1.50. The molecule has 0 bridgehead atoms. The average Bonchev–Trinajstić information content (AvgIpc) is 3.33. The van der Waals surface area contributed by atoms with E-state index >= 15 is 0 Å². The Kier molecular flexibility index (Phi) is 5.43. The molecule has 0 unspecified atom stereocenters. The van der Waals surface area contributed by atoms with Crippen molar-refractivity contribution in [2.45, 2.75) is 32.6 Å². The minimum atomic E-state index is -0.367. The summed E-state index contributed by atoms with van der Waals surface area (Å²) in [5, 5.41) is 4.82. The fourth-order valence-electron chi connectivity index (χ4n) is 3.46. The number of piperidine rings is 1. The molecule has 5 nitrogen and oxygen atoms in total. The van der Waals surface area contributed by atoms with Gasteiger partial charge in [-0.15, -0.1) is 11.3 Å².